The molecule has 1 atom stereocenters. The second kappa shape index (κ2) is 8.18. The quantitative estimate of drug-likeness (QED) is 0.348. The zero-order valence-corrected chi connectivity index (χ0v) is 19.1. The van der Waals surface area contributed by atoms with E-state index in [1.807, 2.05) is 0 Å². The minimum absolute atomic E-state index is 0.476. The summed E-state index contributed by atoms with van der Waals surface area (Å²) in [5, 5.41) is 2.59. The largest absolute Gasteiger partial charge is 0.253 e. The van der Waals surface area contributed by atoms with E-state index in [2.05, 4.69) is 90.1 Å². The molecule has 2 nitrogen and oxygen atoms in total. The Bertz CT molecular complexity index is 1220. The Morgan fingerprint density at radius 3 is 2.33 bits per heavy atom. The molecule has 0 aliphatic heterocycles. The lowest BCUT2D eigenvalue weighted by molar-refractivity contribution is 0.679. The minimum Gasteiger partial charge on any atom is -0.253 e. The van der Waals surface area contributed by atoms with Gasteiger partial charge in [-0.25, -0.2) is 0 Å². The smallest absolute Gasteiger partial charge is 0.0710 e. The lowest BCUT2D eigenvalue weighted by atomic mass is 9.87. The molecule has 4 rings (SSSR count). The summed E-state index contributed by atoms with van der Waals surface area (Å²) in [5.41, 5.74) is 10.0. The van der Waals surface area contributed by atoms with Gasteiger partial charge in [-0.1, -0.05) is 51.1 Å². The molecule has 30 heavy (non-hydrogen) atoms. The highest BCUT2D eigenvalue weighted by Crippen LogP contribution is 2.33. The average molecular weight is 397 g/mol. The maximum Gasteiger partial charge on any atom is 0.0710 e. The second-order valence-corrected chi connectivity index (χ2v) is 9.05. The van der Waals surface area contributed by atoms with Crippen LogP contribution in [0.2, 0.25) is 0 Å². The van der Waals surface area contributed by atoms with Crippen molar-refractivity contribution in [1.29, 1.82) is 0 Å². The molecule has 0 radical (unpaired) electrons. The molecular weight excluding hydrogens is 364 g/mol. The lowest BCUT2D eigenvalue weighted by Crippen LogP contribution is -2.04. The van der Waals surface area contributed by atoms with Crippen LogP contribution >= 0.6 is 0 Å². The van der Waals surface area contributed by atoms with Crippen LogP contribution in [0.25, 0.3) is 21.8 Å². The van der Waals surface area contributed by atoms with Gasteiger partial charge in [0.25, 0.3) is 0 Å². The van der Waals surface area contributed by atoms with Crippen LogP contribution in [0.4, 0.5) is 0 Å². The first-order valence-corrected chi connectivity index (χ1v) is 11.1. The lowest BCUT2D eigenvalue weighted by Gasteiger charge is -2.19. The molecule has 2 aromatic carbocycles. The van der Waals surface area contributed by atoms with E-state index in [1.165, 1.54) is 33.0 Å². The van der Waals surface area contributed by atoms with Gasteiger partial charge in [-0.05, 0) is 85.9 Å². The van der Waals surface area contributed by atoms with Crippen molar-refractivity contribution in [2.75, 3.05) is 0 Å². The van der Waals surface area contributed by atoms with Gasteiger partial charge < -0.3 is 0 Å². The Balaban J connectivity index is 1.63. The number of hydrogen-bond donors (Lipinski definition) is 0. The fourth-order valence-corrected chi connectivity index (χ4v) is 4.69. The van der Waals surface area contributed by atoms with Crippen molar-refractivity contribution in [2.24, 2.45) is 0 Å². The zero-order chi connectivity index (χ0) is 21.4. The van der Waals surface area contributed by atoms with E-state index in [4.69, 9.17) is 9.97 Å². The fourth-order valence-electron chi connectivity index (χ4n) is 4.69. The highest BCUT2D eigenvalue weighted by molar-refractivity contribution is 5.85. The second-order valence-electron chi connectivity index (χ2n) is 9.05. The molecule has 0 fully saturated rings. The summed E-state index contributed by atoms with van der Waals surface area (Å²) in [4.78, 5) is 9.62. The van der Waals surface area contributed by atoms with E-state index in [0.29, 0.717) is 11.8 Å². The molecule has 0 saturated heterocycles. The molecule has 0 bridgehead atoms. The molecule has 0 N–H and O–H groups in total. The van der Waals surface area contributed by atoms with Crippen LogP contribution in [-0.2, 0) is 6.42 Å². The Morgan fingerprint density at radius 1 is 0.800 bits per heavy atom. The Hall–Kier alpha value is -2.74. The van der Waals surface area contributed by atoms with Crippen LogP contribution in [0.3, 0.4) is 0 Å². The summed E-state index contributed by atoms with van der Waals surface area (Å²) in [6.07, 6.45) is 2.17. The summed E-state index contributed by atoms with van der Waals surface area (Å²) in [6, 6.07) is 17.6. The van der Waals surface area contributed by atoms with Gasteiger partial charge in [-0.3, -0.25) is 9.97 Å². The van der Waals surface area contributed by atoms with Gasteiger partial charge in [0.2, 0.25) is 0 Å². The van der Waals surface area contributed by atoms with Crippen molar-refractivity contribution in [3.05, 3.63) is 82.2 Å². The van der Waals surface area contributed by atoms with E-state index in [9.17, 15) is 0 Å². The summed E-state index contributed by atoms with van der Waals surface area (Å²) in [7, 11) is 0. The maximum atomic E-state index is 4.82. The molecule has 0 spiro atoms. The number of para-hydroxylation sites is 1. The van der Waals surface area contributed by atoms with Crippen LogP contribution in [0.15, 0.2) is 48.5 Å². The summed E-state index contributed by atoms with van der Waals surface area (Å²) in [5.74, 6) is 0.982. The molecule has 2 aromatic heterocycles. The fraction of sp³-hybridized carbons (Fsp3) is 0.357. The number of rotatable bonds is 5. The number of aryl methyl sites for hydroxylation is 3. The SMILES string of the molecule is Cc1cc(C(C)C)c2ccc(CCC(C)c3c(C)c(C)nc4ccccc34)cc2n1. The maximum absolute atomic E-state index is 4.82. The first-order valence-electron chi connectivity index (χ1n) is 11.1. The van der Waals surface area contributed by atoms with Crippen molar-refractivity contribution >= 4 is 21.8 Å². The number of hydrogen-bond acceptors (Lipinski definition) is 2. The molecule has 2 heteroatoms. The standard InChI is InChI=1S/C28H32N2/c1-17(2)25-15-19(4)29-27-16-22(13-14-23(25)27)12-11-18(3)28-20(5)21(6)30-26-10-8-7-9-24(26)28/h7-10,13-18H,11-12H2,1-6H3. The van der Waals surface area contributed by atoms with Gasteiger partial charge >= 0.3 is 0 Å². The highest BCUT2D eigenvalue weighted by atomic mass is 14.7. The van der Waals surface area contributed by atoms with Crippen molar-refractivity contribution in [3.8, 4) is 0 Å². The molecule has 154 valence electrons. The van der Waals surface area contributed by atoms with Crippen LogP contribution < -0.4 is 0 Å². The first kappa shape index (κ1) is 20.5. The van der Waals surface area contributed by atoms with Gasteiger partial charge in [0.1, 0.15) is 0 Å². The van der Waals surface area contributed by atoms with E-state index < -0.39 is 0 Å². The van der Waals surface area contributed by atoms with Crippen LogP contribution in [0, 0.1) is 20.8 Å². The predicted molar refractivity (Wildman–Crippen MR) is 129 cm³/mol. The van der Waals surface area contributed by atoms with E-state index >= 15 is 0 Å². The molecule has 0 amide bonds. The number of pyridine rings is 2. The molecule has 2 heterocycles. The number of benzene rings is 2. The predicted octanol–water partition coefficient (Wildman–Crippen LogP) is 7.57. The van der Waals surface area contributed by atoms with Gasteiger partial charge in [0.05, 0.1) is 11.0 Å². The normalized spacial score (nSPS) is 12.8. The highest BCUT2D eigenvalue weighted by Gasteiger charge is 2.16. The number of aromatic nitrogens is 2. The van der Waals surface area contributed by atoms with Crippen LogP contribution in [0.5, 0.6) is 0 Å². The molecule has 4 aromatic rings. The van der Waals surface area contributed by atoms with Crippen LogP contribution in [-0.4, -0.2) is 9.97 Å². The van der Waals surface area contributed by atoms with Crippen molar-refractivity contribution in [3.63, 3.8) is 0 Å². The third kappa shape index (κ3) is 3.84. The molecular formula is C28H32N2. The van der Waals surface area contributed by atoms with Gasteiger partial charge in [-0.15, -0.1) is 0 Å². The Kier molecular flexibility index (Phi) is 5.60. The molecule has 0 aliphatic rings. The van der Waals surface area contributed by atoms with Gasteiger partial charge in [0, 0.05) is 22.2 Å². The van der Waals surface area contributed by atoms with E-state index in [0.717, 1.165) is 35.3 Å². The summed E-state index contributed by atoms with van der Waals surface area (Å²) >= 11 is 0. The monoisotopic (exact) mass is 396 g/mol. The number of nitrogens with zero attached hydrogens (tertiary/aromatic N) is 2. The Morgan fingerprint density at radius 2 is 1.57 bits per heavy atom. The topological polar surface area (TPSA) is 25.8 Å². The first-order chi connectivity index (χ1) is 14.3. The van der Waals surface area contributed by atoms with Crippen molar-refractivity contribution < 1.29 is 0 Å². The third-order valence-corrected chi connectivity index (χ3v) is 6.44. The van der Waals surface area contributed by atoms with Crippen LogP contribution in [0.1, 0.15) is 72.7 Å². The minimum atomic E-state index is 0.476. The zero-order valence-electron chi connectivity index (χ0n) is 19.1. The van der Waals surface area contributed by atoms with E-state index in [1.54, 1.807) is 0 Å². The average Bonchev–Trinajstić information content (AvgIpc) is 2.72. The number of fused-ring (bicyclic) bond motifs is 2. The van der Waals surface area contributed by atoms with Crippen molar-refractivity contribution in [1.82, 2.24) is 9.97 Å². The molecule has 0 aliphatic carbocycles. The van der Waals surface area contributed by atoms with E-state index in [-0.39, 0.29) is 0 Å². The summed E-state index contributed by atoms with van der Waals surface area (Å²) < 4.78 is 0. The van der Waals surface area contributed by atoms with Crippen molar-refractivity contribution in [2.45, 2.75) is 66.2 Å². The third-order valence-electron chi connectivity index (χ3n) is 6.44. The summed E-state index contributed by atoms with van der Waals surface area (Å²) in [6.45, 7) is 13.3. The Labute approximate surface area is 180 Å². The molecule has 1 unspecified atom stereocenters. The van der Waals surface area contributed by atoms with Gasteiger partial charge in [0.15, 0.2) is 0 Å². The molecule has 0 saturated carbocycles. The van der Waals surface area contributed by atoms with Gasteiger partial charge in [-0.2, -0.15) is 0 Å².